The number of ketones is 1. The minimum absolute atomic E-state index is 0.0130. The molecule has 0 spiro atoms. The molecule has 3 aromatic heterocycles. The predicted octanol–water partition coefficient (Wildman–Crippen LogP) is 3.29. The fourth-order valence-electron chi connectivity index (χ4n) is 3.09. The van der Waals surface area contributed by atoms with Crippen molar-refractivity contribution in [2.24, 2.45) is 5.73 Å². The highest BCUT2D eigenvalue weighted by atomic mass is 32.1. The summed E-state index contributed by atoms with van der Waals surface area (Å²) in [6, 6.07) is 7.96. The first-order valence-corrected chi connectivity index (χ1v) is 10.4. The van der Waals surface area contributed by atoms with Crippen LogP contribution in [0.1, 0.15) is 24.1 Å². The van der Waals surface area contributed by atoms with Crippen molar-refractivity contribution in [3.05, 3.63) is 65.7 Å². The molecule has 9 heteroatoms. The fraction of sp³-hybridized carbons (Fsp3) is 0.190. The van der Waals surface area contributed by atoms with E-state index in [0.717, 1.165) is 27.3 Å². The van der Waals surface area contributed by atoms with Crippen LogP contribution in [-0.2, 0) is 17.8 Å². The number of amidine groups is 1. The highest BCUT2D eigenvalue weighted by molar-refractivity contribution is 7.15. The zero-order chi connectivity index (χ0) is 20.9. The van der Waals surface area contributed by atoms with E-state index in [1.54, 1.807) is 23.7 Å². The number of anilines is 1. The lowest BCUT2D eigenvalue weighted by molar-refractivity contribution is -0.117. The summed E-state index contributed by atoms with van der Waals surface area (Å²) in [5.74, 6) is 0.428. The molecular weight excluding hydrogens is 398 g/mol. The summed E-state index contributed by atoms with van der Waals surface area (Å²) >= 11 is 1.60. The SMILES string of the molecule is N=C(N)CC(=O)CCc1cccc(-c2cnc(NCc3cn4ccsc4n3)nc2)c1. The average Bonchev–Trinajstić information content (AvgIpc) is 3.33. The summed E-state index contributed by atoms with van der Waals surface area (Å²) in [4.78, 5) is 26.1. The number of carbonyl (C=O) groups excluding carboxylic acids is 1. The maximum atomic E-state index is 11.8. The van der Waals surface area contributed by atoms with E-state index < -0.39 is 0 Å². The molecule has 0 aliphatic heterocycles. The third kappa shape index (κ3) is 4.87. The number of nitrogens with zero attached hydrogens (tertiary/aromatic N) is 4. The molecular formula is C21H21N7OS. The summed E-state index contributed by atoms with van der Waals surface area (Å²) in [6.45, 7) is 0.553. The van der Waals surface area contributed by atoms with E-state index in [4.69, 9.17) is 11.1 Å². The summed E-state index contributed by atoms with van der Waals surface area (Å²) in [5.41, 5.74) is 9.16. The van der Waals surface area contributed by atoms with Gasteiger partial charge in [-0.15, -0.1) is 11.3 Å². The highest BCUT2D eigenvalue weighted by Gasteiger charge is 2.07. The largest absolute Gasteiger partial charge is 0.387 e. The average molecular weight is 420 g/mol. The van der Waals surface area contributed by atoms with Crippen molar-refractivity contribution >= 4 is 33.9 Å². The highest BCUT2D eigenvalue weighted by Crippen LogP contribution is 2.20. The number of thiazole rings is 1. The van der Waals surface area contributed by atoms with Crippen LogP contribution in [0.4, 0.5) is 5.95 Å². The monoisotopic (exact) mass is 419 g/mol. The van der Waals surface area contributed by atoms with Gasteiger partial charge in [0.2, 0.25) is 5.95 Å². The lowest BCUT2D eigenvalue weighted by atomic mass is 10.0. The summed E-state index contributed by atoms with van der Waals surface area (Å²) in [5, 5.41) is 12.4. The zero-order valence-corrected chi connectivity index (χ0v) is 17.0. The van der Waals surface area contributed by atoms with Gasteiger partial charge < -0.3 is 11.1 Å². The van der Waals surface area contributed by atoms with E-state index >= 15 is 0 Å². The number of Topliss-reactive ketones (excluding diaryl/α,β-unsaturated/α-hetero) is 1. The number of nitrogens with one attached hydrogen (secondary N) is 2. The molecule has 0 saturated carbocycles. The quantitative estimate of drug-likeness (QED) is 0.283. The normalized spacial score (nSPS) is 10.9. The number of carbonyl (C=O) groups is 1. The molecule has 0 aliphatic rings. The van der Waals surface area contributed by atoms with Gasteiger partial charge in [-0.3, -0.25) is 14.6 Å². The van der Waals surface area contributed by atoms with Gasteiger partial charge in [0, 0.05) is 42.2 Å². The standard InChI is InChI=1S/C21H21N7OS/c22-19(23)9-18(29)5-4-14-2-1-3-15(8-14)16-10-24-20(25-11-16)26-12-17-13-28-6-7-30-21(28)27-17/h1-3,6-8,10-11,13H,4-5,9,12H2,(H3,22,23)(H,24,25,26). The molecule has 0 fully saturated rings. The molecule has 4 rings (SSSR count). The van der Waals surface area contributed by atoms with E-state index in [-0.39, 0.29) is 18.0 Å². The molecule has 3 heterocycles. The molecule has 0 bridgehead atoms. The lowest BCUT2D eigenvalue weighted by Crippen LogP contribution is -2.15. The van der Waals surface area contributed by atoms with Crippen molar-refractivity contribution in [3.8, 4) is 11.1 Å². The zero-order valence-electron chi connectivity index (χ0n) is 16.2. The van der Waals surface area contributed by atoms with Crippen molar-refractivity contribution in [1.82, 2.24) is 19.4 Å². The third-order valence-corrected chi connectivity index (χ3v) is 5.33. The van der Waals surface area contributed by atoms with Gasteiger partial charge in [0.1, 0.15) is 5.78 Å². The Morgan fingerprint density at radius 2 is 2.07 bits per heavy atom. The number of hydrogen-bond donors (Lipinski definition) is 3. The Morgan fingerprint density at radius 1 is 1.23 bits per heavy atom. The Morgan fingerprint density at radius 3 is 2.83 bits per heavy atom. The number of aromatic nitrogens is 4. The van der Waals surface area contributed by atoms with E-state index in [2.05, 4.69) is 20.3 Å². The van der Waals surface area contributed by atoms with Gasteiger partial charge >= 0.3 is 0 Å². The van der Waals surface area contributed by atoms with E-state index in [0.29, 0.717) is 25.3 Å². The summed E-state index contributed by atoms with van der Waals surface area (Å²) in [7, 11) is 0. The molecule has 0 atom stereocenters. The van der Waals surface area contributed by atoms with Crippen molar-refractivity contribution < 1.29 is 4.79 Å². The fourth-order valence-corrected chi connectivity index (χ4v) is 3.81. The number of nitrogens with two attached hydrogens (primary N) is 1. The second-order valence-electron chi connectivity index (χ2n) is 6.92. The molecule has 0 aliphatic carbocycles. The summed E-state index contributed by atoms with van der Waals surface area (Å²) < 4.78 is 1.99. The van der Waals surface area contributed by atoms with Crippen LogP contribution in [0.25, 0.3) is 16.1 Å². The van der Waals surface area contributed by atoms with Crippen LogP contribution >= 0.6 is 11.3 Å². The molecule has 4 aromatic rings. The van der Waals surface area contributed by atoms with Gasteiger partial charge in [0.15, 0.2) is 4.96 Å². The van der Waals surface area contributed by atoms with Gasteiger partial charge in [0.05, 0.1) is 24.5 Å². The minimum Gasteiger partial charge on any atom is -0.387 e. The number of hydrogen-bond acceptors (Lipinski definition) is 7. The molecule has 8 nitrogen and oxygen atoms in total. The Balaban J connectivity index is 1.36. The topological polar surface area (TPSA) is 122 Å². The van der Waals surface area contributed by atoms with Crippen molar-refractivity contribution in [3.63, 3.8) is 0 Å². The minimum atomic E-state index is -0.0904. The Bertz CT molecular complexity index is 1150. The molecule has 4 N–H and O–H groups in total. The van der Waals surface area contributed by atoms with Crippen LogP contribution in [0, 0.1) is 5.41 Å². The smallest absolute Gasteiger partial charge is 0.222 e. The molecule has 0 radical (unpaired) electrons. The first kappa shape index (κ1) is 19.7. The van der Waals surface area contributed by atoms with Gasteiger partial charge in [-0.2, -0.15) is 0 Å². The molecule has 30 heavy (non-hydrogen) atoms. The second-order valence-corrected chi connectivity index (χ2v) is 7.79. The Hall–Kier alpha value is -3.59. The predicted molar refractivity (Wildman–Crippen MR) is 118 cm³/mol. The Labute approximate surface area is 177 Å². The van der Waals surface area contributed by atoms with Crippen LogP contribution in [0.2, 0.25) is 0 Å². The van der Waals surface area contributed by atoms with Gasteiger partial charge in [-0.05, 0) is 17.5 Å². The van der Waals surface area contributed by atoms with Crippen LogP contribution in [0.3, 0.4) is 0 Å². The molecule has 1 aromatic carbocycles. The van der Waals surface area contributed by atoms with Crippen molar-refractivity contribution in [2.75, 3.05) is 5.32 Å². The number of benzene rings is 1. The Kier molecular flexibility index (Phi) is 5.80. The number of fused-ring (bicyclic) bond motifs is 1. The molecule has 0 unspecified atom stereocenters. The molecule has 152 valence electrons. The number of aryl methyl sites for hydroxylation is 1. The van der Waals surface area contributed by atoms with Crippen LogP contribution in [0.5, 0.6) is 0 Å². The first-order valence-electron chi connectivity index (χ1n) is 9.48. The number of rotatable bonds is 9. The van der Waals surface area contributed by atoms with E-state index in [9.17, 15) is 4.79 Å². The molecule has 0 amide bonds. The van der Waals surface area contributed by atoms with Crippen molar-refractivity contribution in [1.29, 1.82) is 5.41 Å². The van der Waals surface area contributed by atoms with Gasteiger partial charge in [-0.25, -0.2) is 15.0 Å². The maximum Gasteiger partial charge on any atom is 0.222 e. The van der Waals surface area contributed by atoms with Crippen LogP contribution in [0.15, 0.2) is 54.4 Å². The summed E-state index contributed by atoms with van der Waals surface area (Å²) in [6.07, 6.45) is 8.52. The van der Waals surface area contributed by atoms with E-state index in [1.165, 1.54) is 0 Å². The van der Waals surface area contributed by atoms with Gasteiger partial charge in [0.25, 0.3) is 0 Å². The van der Waals surface area contributed by atoms with Crippen LogP contribution in [-0.4, -0.2) is 31.0 Å². The lowest BCUT2D eigenvalue weighted by Gasteiger charge is -2.07. The van der Waals surface area contributed by atoms with Crippen LogP contribution < -0.4 is 11.1 Å². The molecule has 0 saturated heterocycles. The number of imidazole rings is 1. The van der Waals surface area contributed by atoms with E-state index in [1.807, 2.05) is 46.4 Å². The van der Waals surface area contributed by atoms with Crippen molar-refractivity contribution in [2.45, 2.75) is 25.8 Å². The first-order chi connectivity index (χ1) is 14.6. The third-order valence-electron chi connectivity index (χ3n) is 4.56. The maximum absolute atomic E-state index is 11.8. The second kappa shape index (κ2) is 8.83. The van der Waals surface area contributed by atoms with Gasteiger partial charge in [-0.1, -0.05) is 24.3 Å².